The quantitative estimate of drug-likeness (QED) is 0.634. The fourth-order valence-corrected chi connectivity index (χ4v) is 4.03. The van der Waals surface area contributed by atoms with Crippen molar-refractivity contribution in [3.8, 4) is 0 Å². The number of hydrazine groups is 1. The average Bonchev–Trinajstić information content (AvgIpc) is 3.09. The van der Waals surface area contributed by atoms with Gasteiger partial charge < -0.3 is 14.2 Å². The van der Waals surface area contributed by atoms with Crippen molar-refractivity contribution >= 4 is 41.5 Å². The zero-order chi connectivity index (χ0) is 18.0. The minimum Gasteiger partial charge on any atom is -0.436 e. The largest absolute Gasteiger partial charge is 0.436 e. The molecule has 2 aliphatic rings. The van der Waals surface area contributed by atoms with Gasteiger partial charge in [0.05, 0.1) is 17.6 Å². The van der Waals surface area contributed by atoms with Crippen LogP contribution in [-0.2, 0) is 0 Å². The molecule has 0 bridgehead atoms. The molecule has 0 spiro atoms. The molecule has 0 radical (unpaired) electrons. The fraction of sp³-hybridized carbons (Fsp3) is 0.250. The van der Waals surface area contributed by atoms with Crippen LogP contribution in [0.15, 0.2) is 40.8 Å². The Morgan fingerprint density at radius 3 is 2.69 bits per heavy atom. The van der Waals surface area contributed by atoms with E-state index >= 15 is 0 Å². The number of nitrogens with zero attached hydrogens (tertiary/aromatic N) is 4. The summed E-state index contributed by atoms with van der Waals surface area (Å²) >= 11 is 0. The van der Waals surface area contributed by atoms with E-state index in [4.69, 9.17) is 4.42 Å². The van der Waals surface area contributed by atoms with E-state index in [1.807, 2.05) is 13.0 Å². The van der Waals surface area contributed by atoms with Gasteiger partial charge >= 0.3 is 6.85 Å². The molecule has 0 unspecified atom stereocenters. The van der Waals surface area contributed by atoms with Crippen molar-refractivity contribution in [2.45, 2.75) is 26.8 Å². The summed E-state index contributed by atoms with van der Waals surface area (Å²) < 4.78 is 6.08. The third-order valence-corrected chi connectivity index (χ3v) is 5.51. The Bertz CT molecular complexity index is 1140. The summed E-state index contributed by atoms with van der Waals surface area (Å²) in [6.07, 6.45) is 2.34. The highest BCUT2D eigenvalue weighted by Gasteiger charge is 2.36. The monoisotopic (exact) mass is 344 g/mol. The van der Waals surface area contributed by atoms with E-state index in [9.17, 15) is 0 Å². The molecule has 5 nitrogen and oxygen atoms in total. The van der Waals surface area contributed by atoms with Crippen LogP contribution < -0.4 is 20.5 Å². The predicted molar refractivity (Wildman–Crippen MR) is 107 cm³/mol. The predicted octanol–water partition coefficient (Wildman–Crippen LogP) is 2.35. The summed E-state index contributed by atoms with van der Waals surface area (Å²) in [7, 11) is 2.14. The van der Waals surface area contributed by atoms with Gasteiger partial charge in [0.1, 0.15) is 6.17 Å². The Hall–Kier alpha value is -2.89. The lowest BCUT2D eigenvalue weighted by Crippen LogP contribution is -2.55. The van der Waals surface area contributed by atoms with Gasteiger partial charge in [0.2, 0.25) is 5.71 Å². The summed E-state index contributed by atoms with van der Waals surface area (Å²) in [6, 6.07) is 12.7. The molecule has 4 heterocycles. The molecular formula is C20H21BN4O. The van der Waals surface area contributed by atoms with Crippen LogP contribution >= 0.6 is 0 Å². The number of para-hydroxylation sites is 2. The minimum absolute atomic E-state index is 0.214. The molecule has 130 valence electrons. The van der Waals surface area contributed by atoms with Crippen molar-refractivity contribution in [2.75, 3.05) is 17.0 Å². The van der Waals surface area contributed by atoms with Crippen LogP contribution in [0.1, 0.15) is 12.6 Å². The van der Waals surface area contributed by atoms with E-state index in [-0.39, 0.29) is 13.0 Å². The van der Waals surface area contributed by atoms with Gasteiger partial charge in [0, 0.05) is 23.3 Å². The second-order valence-electron chi connectivity index (χ2n) is 7.18. The molecular weight excluding hydrogens is 323 g/mol. The number of hydrogen-bond acceptors (Lipinski definition) is 5. The lowest BCUT2D eigenvalue weighted by Gasteiger charge is -2.39. The van der Waals surface area contributed by atoms with Crippen molar-refractivity contribution in [1.82, 2.24) is 9.90 Å². The number of fused-ring (bicyclic) bond motifs is 4. The maximum absolute atomic E-state index is 6.08. The van der Waals surface area contributed by atoms with E-state index < -0.39 is 0 Å². The molecule has 2 aromatic heterocycles. The van der Waals surface area contributed by atoms with Gasteiger partial charge in [0.15, 0.2) is 5.42 Å². The molecule has 0 aliphatic carbocycles. The SMILES string of the molecule is CB1C=c2c(oc3nc(C)ccc23)=CN1N1c2ccccc2N(C)[C@@H]1C. The highest BCUT2D eigenvalue weighted by Crippen LogP contribution is 2.39. The van der Waals surface area contributed by atoms with Crippen molar-refractivity contribution < 1.29 is 4.42 Å². The Morgan fingerprint density at radius 2 is 1.88 bits per heavy atom. The van der Waals surface area contributed by atoms with Crippen LogP contribution in [0.4, 0.5) is 11.4 Å². The molecule has 0 saturated carbocycles. The normalized spacial score (nSPS) is 18.7. The zero-order valence-corrected chi connectivity index (χ0v) is 15.5. The maximum Gasteiger partial charge on any atom is 0.304 e. The Morgan fingerprint density at radius 1 is 1.12 bits per heavy atom. The van der Waals surface area contributed by atoms with Crippen molar-refractivity contribution in [3.63, 3.8) is 0 Å². The molecule has 0 amide bonds. The lowest BCUT2D eigenvalue weighted by molar-refractivity contribution is 0.477. The number of anilines is 2. The summed E-state index contributed by atoms with van der Waals surface area (Å²) in [5.41, 5.74) is 5.01. The molecule has 1 aromatic carbocycles. The highest BCUT2D eigenvalue weighted by atomic mass is 16.3. The van der Waals surface area contributed by atoms with Gasteiger partial charge in [0.25, 0.3) is 0 Å². The first-order valence-corrected chi connectivity index (χ1v) is 9.04. The number of aromatic nitrogens is 1. The van der Waals surface area contributed by atoms with Crippen molar-refractivity contribution in [3.05, 3.63) is 52.7 Å². The molecule has 3 aromatic rings. The van der Waals surface area contributed by atoms with Gasteiger partial charge in [-0.1, -0.05) is 24.9 Å². The highest BCUT2D eigenvalue weighted by molar-refractivity contribution is 6.70. The summed E-state index contributed by atoms with van der Waals surface area (Å²) in [4.78, 5) is 9.11. The molecule has 0 N–H and O–H groups in total. The van der Waals surface area contributed by atoms with Crippen LogP contribution in [0.5, 0.6) is 0 Å². The number of hydrogen-bond donors (Lipinski definition) is 0. The first-order chi connectivity index (χ1) is 12.5. The topological polar surface area (TPSA) is 35.8 Å². The molecule has 26 heavy (non-hydrogen) atoms. The summed E-state index contributed by atoms with van der Waals surface area (Å²) in [6.45, 7) is 6.64. The smallest absolute Gasteiger partial charge is 0.304 e. The number of furan rings is 1. The molecule has 5 rings (SSSR count). The summed E-state index contributed by atoms with van der Waals surface area (Å²) in [5, 5.41) is 4.57. The van der Waals surface area contributed by atoms with E-state index in [1.165, 1.54) is 11.4 Å². The van der Waals surface area contributed by atoms with Gasteiger partial charge in [-0.15, -0.1) is 0 Å². The molecule has 1 atom stereocenters. The number of rotatable bonds is 1. The van der Waals surface area contributed by atoms with E-state index in [0.717, 1.165) is 21.7 Å². The number of pyridine rings is 1. The Labute approximate surface area is 152 Å². The van der Waals surface area contributed by atoms with Crippen LogP contribution in [0.25, 0.3) is 23.3 Å². The molecule has 2 aliphatic heterocycles. The van der Waals surface area contributed by atoms with Crippen LogP contribution in [-0.4, -0.2) is 30.0 Å². The van der Waals surface area contributed by atoms with Gasteiger partial charge in [-0.3, -0.25) is 5.01 Å². The number of benzene rings is 1. The molecule has 0 fully saturated rings. The Kier molecular flexibility index (Phi) is 3.14. The van der Waals surface area contributed by atoms with Gasteiger partial charge in [-0.05, 0) is 38.1 Å². The zero-order valence-electron chi connectivity index (χ0n) is 15.5. The second kappa shape index (κ2) is 5.30. The van der Waals surface area contributed by atoms with Crippen LogP contribution in [0, 0.1) is 6.92 Å². The van der Waals surface area contributed by atoms with E-state index in [1.54, 1.807) is 0 Å². The van der Waals surface area contributed by atoms with Crippen LogP contribution in [0.3, 0.4) is 0 Å². The van der Waals surface area contributed by atoms with Gasteiger partial charge in [-0.25, -0.2) is 4.98 Å². The van der Waals surface area contributed by atoms with E-state index in [0.29, 0.717) is 5.71 Å². The third kappa shape index (κ3) is 2.01. The van der Waals surface area contributed by atoms with Crippen molar-refractivity contribution in [2.24, 2.45) is 0 Å². The maximum atomic E-state index is 6.08. The Balaban J connectivity index is 1.68. The summed E-state index contributed by atoms with van der Waals surface area (Å²) in [5.74, 6) is 2.27. The minimum atomic E-state index is 0.214. The fourth-order valence-electron chi connectivity index (χ4n) is 4.03. The van der Waals surface area contributed by atoms with Crippen molar-refractivity contribution in [1.29, 1.82) is 0 Å². The van der Waals surface area contributed by atoms with Gasteiger partial charge in [-0.2, -0.15) is 0 Å². The first-order valence-electron chi connectivity index (χ1n) is 9.04. The lowest BCUT2D eigenvalue weighted by atomic mass is 9.63. The molecule has 6 heteroatoms. The standard InChI is InChI=1S/C20H21BN4O/c1-13-9-10-15-16-11-21(3)24(12-19(16)26-20(15)22-13)25-14(2)23(4)17-7-5-6-8-18(17)25/h5-12,14H,1-4H3/t14-/m0/s1. The number of aryl methyl sites for hydroxylation is 1. The van der Waals surface area contributed by atoms with E-state index in [2.05, 4.69) is 83.1 Å². The third-order valence-electron chi connectivity index (χ3n) is 5.51. The second-order valence-corrected chi connectivity index (χ2v) is 7.18. The first kappa shape index (κ1) is 15.4. The average molecular weight is 344 g/mol. The van der Waals surface area contributed by atoms with Crippen LogP contribution in [0.2, 0.25) is 6.82 Å². The molecule has 0 saturated heterocycles.